The standard InChI is InChI=1S/C20H29N3O/c1-6-23-18(10-15(5)19(23)13(2)3)20(24)22-12-17-8-7-16(11-21)9-14(17)4/h7-10,13H,6,11-12,21H2,1-5H3,(H,22,24). The molecule has 0 aliphatic rings. The van der Waals surface area contributed by atoms with Crippen molar-refractivity contribution in [2.75, 3.05) is 0 Å². The van der Waals surface area contributed by atoms with Crippen LogP contribution >= 0.6 is 0 Å². The second-order valence-corrected chi connectivity index (χ2v) is 6.64. The van der Waals surface area contributed by atoms with Crippen LogP contribution < -0.4 is 11.1 Å². The number of nitrogens with zero attached hydrogens (tertiary/aromatic N) is 1. The molecule has 0 radical (unpaired) electrons. The van der Waals surface area contributed by atoms with Crippen molar-refractivity contribution in [3.63, 3.8) is 0 Å². The van der Waals surface area contributed by atoms with Crippen molar-refractivity contribution in [2.45, 2.75) is 60.2 Å². The van der Waals surface area contributed by atoms with Gasteiger partial charge in [0.1, 0.15) is 5.69 Å². The van der Waals surface area contributed by atoms with Gasteiger partial charge >= 0.3 is 0 Å². The number of carbonyl (C=O) groups is 1. The van der Waals surface area contributed by atoms with Crippen molar-refractivity contribution in [2.24, 2.45) is 5.73 Å². The molecular formula is C20H29N3O. The lowest BCUT2D eigenvalue weighted by Crippen LogP contribution is -2.26. The molecule has 0 saturated heterocycles. The van der Waals surface area contributed by atoms with Crippen molar-refractivity contribution in [3.8, 4) is 0 Å². The molecule has 1 aromatic heterocycles. The van der Waals surface area contributed by atoms with Gasteiger partial charge in [-0.3, -0.25) is 4.79 Å². The number of aryl methyl sites for hydroxylation is 2. The minimum Gasteiger partial charge on any atom is -0.347 e. The van der Waals surface area contributed by atoms with E-state index >= 15 is 0 Å². The summed E-state index contributed by atoms with van der Waals surface area (Å²) in [5.74, 6) is 0.381. The fraction of sp³-hybridized carbons (Fsp3) is 0.450. The Bertz CT molecular complexity index is 729. The summed E-state index contributed by atoms with van der Waals surface area (Å²) in [4.78, 5) is 12.7. The molecule has 0 spiro atoms. The third-order valence-electron chi connectivity index (χ3n) is 4.52. The molecule has 0 aliphatic carbocycles. The molecule has 0 fully saturated rings. The van der Waals surface area contributed by atoms with E-state index < -0.39 is 0 Å². The van der Waals surface area contributed by atoms with E-state index in [0.717, 1.165) is 28.9 Å². The summed E-state index contributed by atoms with van der Waals surface area (Å²) in [7, 11) is 0. The number of nitrogens with two attached hydrogens (primary N) is 1. The van der Waals surface area contributed by atoms with Gasteiger partial charge in [-0.1, -0.05) is 32.0 Å². The van der Waals surface area contributed by atoms with Crippen LogP contribution in [-0.2, 0) is 19.6 Å². The van der Waals surface area contributed by atoms with Crippen LogP contribution in [0.1, 0.15) is 65.1 Å². The zero-order valence-electron chi connectivity index (χ0n) is 15.4. The van der Waals surface area contributed by atoms with Crippen molar-refractivity contribution in [1.82, 2.24) is 9.88 Å². The van der Waals surface area contributed by atoms with Crippen LogP contribution in [0.15, 0.2) is 24.3 Å². The predicted molar refractivity (Wildman–Crippen MR) is 99.2 cm³/mol. The van der Waals surface area contributed by atoms with Crippen LogP contribution in [0.3, 0.4) is 0 Å². The maximum atomic E-state index is 12.7. The Morgan fingerprint density at radius 3 is 2.46 bits per heavy atom. The SMILES string of the molecule is CCn1c(C(=O)NCc2ccc(CN)cc2C)cc(C)c1C(C)C. The Labute approximate surface area is 145 Å². The monoisotopic (exact) mass is 327 g/mol. The second-order valence-electron chi connectivity index (χ2n) is 6.64. The van der Waals surface area contributed by atoms with E-state index in [-0.39, 0.29) is 5.91 Å². The highest BCUT2D eigenvalue weighted by molar-refractivity contribution is 5.93. The van der Waals surface area contributed by atoms with Crippen LogP contribution in [0, 0.1) is 13.8 Å². The van der Waals surface area contributed by atoms with Crippen molar-refractivity contribution >= 4 is 5.91 Å². The smallest absolute Gasteiger partial charge is 0.268 e. The highest BCUT2D eigenvalue weighted by atomic mass is 16.1. The zero-order chi connectivity index (χ0) is 17.9. The van der Waals surface area contributed by atoms with E-state index in [4.69, 9.17) is 5.73 Å². The normalized spacial score (nSPS) is 11.1. The molecule has 0 unspecified atom stereocenters. The lowest BCUT2D eigenvalue weighted by Gasteiger charge is -2.15. The third kappa shape index (κ3) is 3.70. The fourth-order valence-electron chi connectivity index (χ4n) is 3.34. The minimum atomic E-state index is -0.0193. The lowest BCUT2D eigenvalue weighted by molar-refractivity contribution is 0.0941. The Hall–Kier alpha value is -2.07. The van der Waals surface area contributed by atoms with E-state index in [1.165, 1.54) is 11.3 Å². The molecule has 24 heavy (non-hydrogen) atoms. The summed E-state index contributed by atoms with van der Waals surface area (Å²) in [5.41, 5.74) is 12.2. The Morgan fingerprint density at radius 1 is 1.21 bits per heavy atom. The maximum Gasteiger partial charge on any atom is 0.268 e. The molecule has 3 N–H and O–H groups in total. The van der Waals surface area contributed by atoms with E-state index in [0.29, 0.717) is 19.0 Å². The van der Waals surface area contributed by atoms with Gasteiger partial charge in [0.15, 0.2) is 0 Å². The average Bonchev–Trinajstić information content (AvgIpc) is 2.89. The third-order valence-corrected chi connectivity index (χ3v) is 4.52. The number of nitrogens with one attached hydrogen (secondary N) is 1. The van der Waals surface area contributed by atoms with Crippen LogP contribution in [0.5, 0.6) is 0 Å². The molecule has 0 saturated carbocycles. The minimum absolute atomic E-state index is 0.0193. The fourth-order valence-corrected chi connectivity index (χ4v) is 3.34. The molecular weight excluding hydrogens is 298 g/mol. The summed E-state index contributed by atoms with van der Waals surface area (Å²) in [6, 6.07) is 8.14. The van der Waals surface area contributed by atoms with Crippen molar-refractivity contribution < 1.29 is 4.79 Å². The van der Waals surface area contributed by atoms with Gasteiger partial charge in [-0.05, 0) is 55.0 Å². The Kier molecular flexibility index (Phi) is 5.84. The predicted octanol–water partition coefficient (Wildman–Crippen LogP) is 3.64. The van der Waals surface area contributed by atoms with Gasteiger partial charge in [0.05, 0.1) is 0 Å². The number of aromatic nitrogens is 1. The molecule has 0 aliphatic heterocycles. The molecule has 1 aromatic carbocycles. The highest BCUT2D eigenvalue weighted by Crippen LogP contribution is 2.23. The van der Waals surface area contributed by atoms with E-state index in [1.807, 2.05) is 18.2 Å². The van der Waals surface area contributed by atoms with Gasteiger partial charge in [-0.2, -0.15) is 0 Å². The first-order valence-electron chi connectivity index (χ1n) is 8.65. The molecule has 1 amide bonds. The summed E-state index contributed by atoms with van der Waals surface area (Å²) in [6.07, 6.45) is 0. The first-order chi connectivity index (χ1) is 11.4. The Balaban J connectivity index is 2.17. The molecule has 1 heterocycles. The molecule has 130 valence electrons. The van der Waals surface area contributed by atoms with Crippen LogP contribution in [-0.4, -0.2) is 10.5 Å². The quantitative estimate of drug-likeness (QED) is 0.851. The van der Waals surface area contributed by atoms with Gasteiger partial charge in [-0.15, -0.1) is 0 Å². The van der Waals surface area contributed by atoms with Crippen LogP contribution in [0.2, 0.25) is 0 Å². The molecule has 2 rings (SSSR count). The van der Waals surface area contributed by atoms with E-state index in [1.54, 1.807) is 0 Å². The van der Waals surface area contributed by atoms with E-state index in [9.17, 15) is 4.79 Å². The largest absolute Gasteiger partial charge is 0.347 e. The summed E-state index contributed by atoms with van der Waals surface area (Å²) in [6.45, 7) is 12.4. The first kappa shape index (κ1) is 18.3. The van der Waals surface area contributed by atoms with E-state index in [2.05, 4.69) is 50.6 Å². The van der Waals surface area contributed by atoms with Gasteiger partial charge in [0.2, 0.25) is 0 Å². The number of hydrogen-bond acceptors (Lipinski definition) is 2. The van der Waals surface area contributed by atoms with Gasteiger partial charge < -0.3 is 15.6 Å². The summed E-state index contributed by atoms with van der Waals surface area (Å²) < 4.78 is 2.12. The summed E-state index contributed by atoms with van der Waals surface area (Å²) >= 11 is 0. The molecule has 2 aromatic rings. The number of benzene rings is 1. The van der Waals surface area contributed by atoms with Gasteiger partial charge in [0.25, 0.3) is 5.91 Å². The maximum absolute atomic E-state index is 12.7. The summed E-state index contributed by atoms with van der Waals surface area (Å²) in [5, 5.41) is 3.06. The number of hydrogen-bond donors (Lipinski definition) is 2. The Morgan fingerprint density at radius 2 is 1.92 bits per heavy atom. The van der Waals surface area contributed by atoms with Gasteiger partial charge in [-0.25, -0.2) is 0 Å². The zero-order valence-corrected chi connectivity index (χ0v) is 15.4. The molecule has 0 bridgehead atoms. The van der Waals surface area contributed by atoms with Crippen LogP contribution in [0.25, 0.3) is 0 Å². The average molecular weight is 327 g/mol. The van der Waals surface area contributed by atoms with Crippen molar-refractivity contribution in [3.05, 3.63) is 57.9 Å². The number of amides is 1. The topological polar surface area (TPSA) is 60.0 Å². The van der Waals surface area contributed by atoms with Crippen LogP contribution in [0.4, 0.5) is 0 Å². The molecule has 0 atom stereocenters. The van der Waals surface area contributed by atoms with Crippen molar-refractivity contribution in [1.29, 1.82) is 0 Å². The molecule has 4 nitrogen and oxygen atoms in total. The van der Waals surface area contributed by atoms with Gasteiger partial charge in [0, 0.05) is 25.3 Å². The number of rotatable bonds is 6. The second kappa shape index (κ2) is 7.67. The number of carbonyl (C=O) groups excluding carboxylic acids is 1. The molecule has 4 heteroatoms. The highest BCUT2D eigenvalue weighted by Gasteiger charge is 2.18. The lowest BCUT2D eigenvalue weighted by atomic mass is 10.1. The first-order valence-corrected chi connectivity index (χ1v) is 8.65.